The van der Waals surface area contributed by atoms with Gasteiger partial charge in [0.15, 0.2) is 0 Å². The molecule has 5 nitrogen and oxygen atoms in total. The molecule has 0 spiro atoms. The fourth-order valence-corrected chi connectivity index (χ4v) is 1.71. The van der Waals surface area contributed by atoms with Crippen LogP contribution in [-0.4, -0.2) is 28.0 Å². The smallest absolute Gasteiger partial charge is 0.290 e. The maximum absolute atomic E-state index is 12.2. The minimum atomic E-state index is -2.53. The molecule has 0 N–H and O–H groups in total. The highest BCUT2D eigenvalue weighted by atomic mass is 32.2. The molecule has 8 heteroatoms. The van der Waals surface area contributed by atoms with Crippen LogP contribution in [0.4, 0.5) is 8.78 Å². The zero-order valence-electron chi connectivity index (χ0n) is 9.79. The highest BCUT2D eigenvalue weighted by molar-refractivity contribution is 7.99. The summed E-state index contributed by atoms with van der Waals surface area (Å²) in [6.07, 6.45) is 2.81. The van der Waals surface area contributed by atoms with Crippen molar-refractivity contribution in [3.8, 4) is 17.4 Å². The van der Waals surface area contributed by atoms with Crippen molar-refractivity contribution in [2.24, 2.45) is 0 Å². The summed E-state index contributed by atoms with van der Waals surface area (Å²) in [5, 5.41) is 7.60. The van der Waals surface area contributed by atoms with Crippen LogP contribution in [0.2, 0.25) is 0 Å². The molecule has 0 radical (unpaired) electrons. The quantitative estimate of drug-likeness (QED) is 0.787. The van der Waals surface area contributed by atoms with Crippen molar-refractivity contribution in [2.75, 3.05) is 7.11 Å². The number of hydrogen-bond acceptors (Lipinski definition) is 6. The fourth-order valence-electron chi connectivity index (χ4n) is 1.22. The van der Waals surface area contributed by atoms with Gasteiger partial charge < -0.3 is 9.47 Å². The first-order chi connectivity index (χ1) is 9.17. The summed E-state index contributed by atoms with van der Waals surface area (Å²) >= 11 is 0.346. The van der Waals surface area contributed by atoms with Crippen LogP contribution >= 0.6 is 11.8 Å². The van der Waals surface area contributed by atoms with Crippen molar-refractivity contribution in [2.45, 2.75) is 10.8 Å². The zero-order valence-corrected chi connectivity index (χ0v) is 10.6. The van der Waals surface area contributed by atoms with Crippen LogP contribution in [0.15, 0.2) is 35.6 Å². The summed E-state index contributed by atoms with van der Waals surface area (Å²) in [6, 6.07) is 4.47. The van der Waals surface area contributed by atoms with E-state index < -0.39 is 5.76 Å². The third kappa shape index (κ3) is 4.02. The Morgan fingerprint density at radius 1 is 1.26 bits per heavy atom. The van der Waals surface area contributed by atoms with Gasteiger partial charge in [0.2, 0.25) is 5.88 Å². The Balaban J connectivity index is 2.13. The van der Waals surface area contributed by atoms with Crippen molar-refractivity contribution >= 4 is 11.8 Å². The van der Waals surface area contributed by atoms with Crippen LogP contribution in [0.25, 0.3) is 0 Å². The van der Waals surface area contributed by atoms with Gasteiger partial charge in [-0.15, -0.1) is 5.10 Å². The summed E-state index contributed by atoms with van der Waals surface area (Å²) in [7, 11) is 1.49. The van der Waals surface area contributed by atoms with Gasteiger partial charge in [0, 0.05) is 18.3 Å². The van der Waals surface area contributed by atoms with Crippen molar-refractivity contribution in [3.63, 3.8) is 0 Å². The average molecular weight is 285 g/mol. The first kappa shape index (κ1) is 13.5. The lowest BCUT2D eigenvalue weighted by atomic mass is 10.4. The predicted octanol–water partition coefficient (Wildman–Crippen LogP) is 2.99. The van der Waals surface area contributed by atoms with Crippen molar-refractivity contribution in [1.82, 2.24) is 15.2 Å². The number of halogens is 2. The molecular weight excluding hydrogens is 276 g/mol. The Kier molecular flexibility index (Phi) is 4.45. The van der Waals surface area contributed by atoms with E-state index in [-0.39, 0.29) is 10.9 Å². The van der Waals surface area contributed by atoms with Crippen LogP contribution < -0.4 is 9.47 Å². The van der Waals surface area contributed by atoms with Gasteiger partial charge in [-0.3, -0.25) is 0 Å². The third-order valence-corrected chi connectivity index (χ3v) is 2.62. The number of methoxy groups -OCH3 is 1. The summed E-state index contributed by atoms with van der Waals surface area (Å²) in [6.45, 7) is 0. The molecule has 0 amide bonds. The number of ether oxygens (including phenoxy) is 2. The van der Waals surface area contributed by atoms with Crippen LogP contribution in [-0.2, 0) is 0 Å². The second-order valence-electron chi connectivity index (χ2n) is 3.24. The molecule has 0 fully saturated rings. The minimum absolute atomic E-state index is 0.170. The fraction of sp³-hybridized carbons (Fsp3) is 0.182. The van der Waals surface area contributed by atoms with Gasteiger partial charge in [0.1, 0.15) is 16.5 Å². The predicted molar refractivity (Wildman–Crippen MR) is 64.8 cm³/mol. The lowest BCUT2D eigenvalue weighted by Gasteiger charge is -2.06. The molecule has 0 aliphatic heterocycles. The molecule has 0 saturated heterocycles. The van der Waals surface area contributed by atoms with Crippen molar-refractivity contribution in [1.29, 1.82) is 0 Å². The molecule has 0 aliphatic rings. The molecule has 2 rings (SSSR count). The molecule has 0 atom stereocenters. The number of rotatable bonds is 5. The molecule has 0 saturated carbocycles. The SMILES string of the molecule is COc1cnnc(Oc2ccnc(SC(F)F)c2)c1. The number of thioether (sulfide) groups is 1. The third-order valence-electron chi connectivity index (χ3n) is 1.98. The van der Waals surface area contributed by atoms with Gasteiger partial charge >= 0.3 is 0 Å². The van der Waals surface area contributed by atoms with E-state index in [1.165, 1.54) is 37.7 Å². The Morgan fingerprint density at radius 2 is 2.11 bits per heavy atom. The van der Waals surface area contributed by atoms with E-state index in [4.69, 9.17) is 9.47 Å². The molecule has 2 aromatic heterocycles. The molecule has 19 heavy (non-hydrogen) atoms. The van der Waals surface area contributed by atoms with Crippen molar-refractivity contribution in [3.05, 3.63) is 30.6 Å². The molecule has 0 aromatic carbocycles. The van der Waals surface area contributed by atoms with Crippen molar-refractivity contribution < 1.29 is 18.3 Å². The molecule has 0 unspecified atom stereocenters. The topological polar surface area (TPSA) is 57.1 Å². The zero-order chi connectivity index (χ0) is 13.7. The lowest BCUT2D eigenvalue weighted by molar-refractivity contribution is 0.252. The highest BCUT2D eigenvalue weighted by Gasteiger charge is 2.08. The minimum Gasteiger partial charge on any atom is -0.495 e. The first-order valence-electron chi connectivity index (χ1n) is 5.13. The summed E-state index contributed by atoms with van der Waals surface area (Å²) in [5.41, 5.74) is 0. The number of hydrogen-bond donors (Lipinski definition) is 0. The Hall–Kier alpha value is -1.96. The van der Waals surface area contributed by atoms with E-state index in [0.717, 1.165) is 0 Å². The average Bonchev–Trinajstić information content (AvgIpc) is 2.38. The molecule has 100 valence electrons. The summed E-state index contributed by atoms with van der Waals surface area (Å²) in [5.74, 6) is -1.49. The van der Waals surface area contributed by atoms with E-state index in [0.29, 0.717) is 23.3 Å². The van der Waals surface area contributed by atoms with Gasteiger partial charge in [-0.25, -0.2) is 4.98 Å². The Morgan fingerprint density at radius 3 is 2.84 bits per heavy atom. The standard InChI is InChI=1S/C11H9F2N3O2S/c1-17-8-4-9(16-15-6-8)18-7-2-3-14-10(5-7)19-11(12)13/h2-6,11H,1H3. The monoisotopic (exact) mass is 285 g/mol. The number of alkyl halides is 2. The number of aromatic nitrogens is 3. The van der Waals surface area contributed by atoms with Gasteiger partial charge in [-0.2, -0.15) is 13.9 Å². The number of nitrogens with zero attached hydrogens (tertiary/aromatic N) is 3. The largest absolute Gasteiger partial charge is 0.495 e. The molecular formula is C11H9F2N3O2S. The first-order valence-corrected chi connectivity index (χ1v) is 6.01. The Bertz CT molecular complexity index is 557. The van der Waals surface area contributed by atoms with E-state index in [1.807, 2.05) is 0 Å². The molecule has 0 bridgehead atoms. The summed E-state index contributed by atoms with van der Waals surface area (Å²) in [4.78, 5) is 3.80. The maximum Gasteiger partial charge on any atom is 0.290 e. The van der Waals surface area contributed by atoms with Crippen LogP contribution in [0, 0.1) is 0 Å². The molecule has 2 aromatic rings. The van der Waals surface area contributed by atoms with E-state index in [2.05, 4.69) is 15.2 Å². The van der Waals surface area contributed by atoms with Gasteiger partial charge in [0.05, 0.1) is 13.3 Å². The highest BCUT2D eigenvalue weighted by Crippen LogP contribution is 2.28. The van der Waals surface area contributed by atoms with Crippen LogP contribution in [0.3, 0.4) is 0 Å². The lowest BCUT2D eigenvalue weighted by Crippen LogP contribution is -1.93. The van der Waals surface area contributed by atoms with Crippen LogP contribution in [0.1, 0.15) is 0 Å². The second-order valence-corrected chi connectivity index (χ2v) is 4.25. The Labute approximate surface area is 112 Å². The van der Waals surface area contributed by atoms with Gasteiger partial charge in [-0.05, 0) is 17.8 Å². The van der Waals surface area contributed by atoms with Crippen LogP contribution in [0.5, 0.6) is 17.4 Å². The normalized spacial score (nSPS) is 10.5. The molecule has 2 heterocycles. The van der Waals surface area contributed by atoms with Gasteiger partial charge in [-0.1, -0.05) is 0 Å². The van der Waals surface area contributed by atoms with E-state index in [1.54, 1.807) is 0 Å². The summed E-state index contributed by atoms with van der Waals surface area (Å²) < 4.78 is 34.8. The maximum atomic E-state index is 12.2. The van der Waals surface area contributed by atoms with E-state index >= 15 is 0 Å². The molecule has 0 aliphatic carbocycles. The van der Waals surface area contributed by atoms with E-state index in [9.17, 15) is 8.78 Å². The number of pyridine rings is 1. The second kappa shape index (κ2) is 6.28. The van der Waals surface area contributed by atoms with Gasteiger partial charge in [0.25, 0.3) is 5.76 Å².